The largest absolute Gasteiger partial charge is 0.455 e. The van der Waals surface area contributed by atoms with Crippen LogP contribution in [0, 0.1) is 24.1 Å². The minimum atomic E-state index is -4.40. The summed E-state index contributed by atoms with van der Waals surface area (Å²) in [7, 11) is 1.49. The molecule has 0 spiro atoms. The number of hydrogen-bond donors (Lipinski definition) is 1. The van der Waals surface area contributed by atoms with E-state index < -0.39 is 24.3 Å². The number of fused-ring (bicyclic) bond motifs is 1. The second-order valence-corrected chi connectivity index (χ2v) is 11.6. The minimum absolute atomic E-state index is 0.0213. The number of benzene rings is 3. The van der Waals surface area contributed by atoms with Gasteiger partial charge in [-0.3, -0.25) is 9.59 Å². The number of aryl methyl sites for hydroxylation is 2. The summed E-state index contributed by atoms with van der Waals surface area (Å²) in [6, 6.07) is 14.6. The van der Waals surface area contributed by atoms with Crippen molar-refractivity contribution in [3.05, 3.63) is 82.7 Å². The molecule has 4 nitrogen and oxygen atoms in total. The number of amides is 1. The zero-order valence-corrected chi connectivity index (χ0v) is 22.8. The van der Waals surface area contributed by atoms with Gasteiger partial charge in [0, 0.05) is 30.8 Å². The van der Waals surface area contributed by atoms with E-state index >= 15 is 0 Å². The lowest BCUT2D eigenvalue weighted by Crippen LogP contribution is -2.52. The highest BCUT2D eigenvalue weighted by Gasteiger charge is 2.57. The minimum Gasteiger partial charge on any atom is -0.455 e. The van der Waals surface area contributed by atoms with Gasteiger partial charge >= 0.3 is 6.18 Å². The molecule has 3 fully saturated rings. The number of rotatable bonds is 8. The van der Waals surface area contributed by atoms with Crippen molar-refractivity contribution in [1.29, 1.82) is 0 Å². The molecule has 3 aliphatic carbocycles. The van der Waals surface area contributed by atoms with E-state index in [2.05, 4.69) is 5.32 Å². The fourth-order valence-corrected chi connectivity index (χ4v) is 6.41. The number of hydrogen-bond acceptors (Lipinski definition) is 3. The maximum absolute atomic E-state index is 14.9. The third-order valence-electron chi connectivity index (χ3n) is 8.64. The molecule has 1 N–H and O–H groups in total. The molecule has 0 aliphatic heterocycles. The lowest BCUT2D eigenvalue weighted by Gasteiger charge is -2.62. The molecule has 0 radical (unpaired) electrons. The molecule has 1 aromatic heterocycles. The normalized spacial score (nSPS) is 19.5. The van der Waals surface area contributed by atoms with Crippen LogP contribution in [0.5, 0.6) is 0 Å². The summed E-state index contributed by atoms with van der Waals surface area (Å²) >= 11 is 0. The average Bonchev–Trinajstić information content (AvgIpc) is 3.26. The van der Waals surface area contributed by atoms with Crippen molar-refractivity contribution in [3.63, 3.8) is 0 Å². The number of Topliss-reactive ketones (excluding diaryl/α,β-unsaturated/α-hetero) is 1. The molecule has 3 saturated carbocycles. The fourth-order valence-electron chi connectivity index (χ4n) is 6.41. The van der Waals surface area contributed by atoms with Gasteiger partial charge < -0.3 is 9.73 Å². The van der Waals surface area contributed by atoms with Gasteiger partial charge in [0.15, 0.2) is 5.78 Å². The van der Waals surface area contributed by atoms with Crippen LogP contribution in [0.2, 0.25) is 0 Å². The van der Waals surface area contributed by atoms with Crippen LogP contribution in [-0.4, -0.2) is 24.9 Å². The Labute approximate surface area is 234 Å². The van der Waals surface area contributed by atoms with E-state index in [9.17, 15) is 27.2 Å². The molecule has 0 saturated heterocycles. The first-order valence-corrected chi connectivity index (χ1v) is 13.7. The Balaban J connectivity index is 1.50. The van der Waals surface area contributed by atoms with Gasteiger partial charge in [-0.15, -0.1) is 0 Å². The third-order valence-corrected chi connectivity index (χ3v) is 8.64. The summed E-state index contributed by atoms with van der Waals surface area (Å²) in [6.45, 7) is 1.93. The molecule has 212 valence electrons. The monoisotopic (exact) mass is 563 g/mol. The Morgan fingerprint density at radius 1 is 1.00 bits per heavy atom. The van der Waals surface area contributed by atoms with Crippen LogP contribution in [0.15, 0.2) is 59.0 Å². The molecule has 0 unspecified atom stereocenters. The second kappa shape index (κ2) is 9.86. The number of furan rings is 1. The lowest BCUT2D eigenvalue weighted by atomic mass is 9.43. The highest BCUT2D eigenvalue weighted by atomic mass is 19.4. The van der Waals surface area contributed by atoms with Crippen molar-refractivity contribution >= 4 is 22.7 Å². The molecule has 2 bridgehead atoms. The van der Waals surface area contributed by atoms with Gasteiger partial charge in [0.05, 0.1) is 11.1 Å². The number of halogens is 4. The maximum atomic E-state index is 14.9. The molecule has 3 aliphatic rings. The molecule has 7 rings (SSSR count). The van der Waals surface area contributed by atoms with Gasteiger partial charge in [-0.1, -0.05) is 35.9 Å². The number of ketones is 1. The van der Waals surface area contributed by atoms with Gasteiger partial charge in [-0.2, -0.15) is 13.2 Å². The van der Waals surface area contributed by atoms with E-state index in [1.807, 2.05) is 31.2 Å². The standard InChI is InChI=1S/C33H29F4NO3/c1-18-3-5-20(6-4-18)30-29(31(40)38-2)25-13-23(22(12-28(25)41-30)9-10-33(35,36)37)21-7-8-26(34)24(11-21)27(39)17-32-14-19(15-32)16-32/h3-8,11-13,19H,9-10,14-17H2,1-2H3,(H,38,40). The number of carbonyl (C=O) groups excluding carboxylic acids is 2. The van der Waals surface area contributed by atoms with Crippen LogP contribution in [0.3, 0.4) is 0 Å². The first-order valence-electron chi connectivity index (χ1n) is 13.7. The Kier molecular flexibility index (Phi) is 6.55. The highest BCUT2D eigenvalue weighted by molar-refractivity contribution is 6.12. The van der Waals surface area contributed by atoms with E-state index in [4.69, 9.17) is 4.42 Å². The predicted octanol–water partition coefficient (Wildman–Crippen LogP) is 8.44. The van der Waals surface area contributed by atoms with Gasteiger partial charge in [-0.05, 0) is 84.9 Å². The average molecular weight is 564 g/mol. The number of alkyl halides is 3. The van der Waals surface area contributed by atoms with Crippen molar-refractivity contribution < 1.29 is 31.6 Å². The molecular weight excluding hydrogens is 534 g/mol. The predicted molar refractivity (Wildman–Crippen MR) is 148 cm³/mol. The quantitative estimate of drug-likeness (QED) is 0.173. The molecule has 0 atom stereocenters. The topological polar surface area (TPSA) is 59.3 Å². The first-order chi connectivity index (χ1) is 19.4. The Bertz CT molecular complexity index is 1670. The van der Waals surface area contributed by atoms with E-state index in [1.54, 1.807) is 6.07 Å². The summed E-state index contributed by atoms with van der Waals surface area (Å²) in [5.74, 6) is -0.388. The summed E-state index contributed by atoms with van der Waals surface area (Å²) in [5.41, 5.74) is 3.21. The molecule has 8 heteroatoms. The zero-order valence-electron chi connectivity index (χ0n) is 22.8. The summed E-state index contributed by atoms with van der Waals surface area (Å²) in [5, 5.41) is 3.04. The second-order valence-electron chi connectivity index (χ2n) is 11.6. The Morgan fingerprint density at radius 2 is 1.68 bits per heavy atom. The van der Waals surface area contributed by atoms with Crippen molar-refractivity contribution in [3.8, 4) is 22.5 Å². The SMILES string of the molecule is CNC(=O)c1c(-c2ccc(C)cc2)oc2cc(CCC(F)(F)F)c(-c3ccc(F)c(C(=O)CC45CC(C4)C5)c3)cc12. The third kappa shape index (κ3) is 5.04. The zero-order chi connectivity index (χ0) is 29.1. The maximum Gasteiger partial charge on any atom is 0.389 e. The van der Waals surface area contributed by atoms with E-state index in [-0.39, 0.29) is 40.7 Å². The van der Waals surface area contributed by atoms with Crippen LogP contribution in [0.1, 0.15) is 63.9 Å². The van der Waals surface area contributed by atoms with Crippen molar-refractivity contribution in [2.24, 2.45) is 11.3 Å². The van der Waals surface area contributed by atoms with Crippen molar-refractivity contribution in [2.75, 3.05) is 7.05 Å². The number of carbonyl (C=O) groups is 2. The first kappa shape index (κ1) is 27.2. The van der Waals surface area contributed by atoms with Crippen molar-refractivity contribution in [1.82, 2.24) is 5.32 Å². The number of nitrogens with one attached hydrogen (secondary N) is 1. The molecular formula is C33H29F4NO3. The van der Waals surface area contributed by atoms with E-state index in [0.717, 1.165) is 24.8 Å². The highest BCUT2D eigenvalue weighted by Crippen LogP contribution is 2.66. The van der Waals surface area contributed by atoms with Crippen LogP contribution >= 0.6 is 0 Å². The van der Waals surface area contributed by atoms with E-state index in [1.165, 1.54) is 31.3 Å². The van der Waals surface area contributed by atoms with Crippen LogP contribution in [-0.2, 0) is 6.42 Å². The van der Waals surface area contributed by atoms with Gasteiger partial charge in [0.1, 0.15) is 17.2 Å². The summed E-state index contributed by atoms with van der Waals surface area (Å²) < 4.78 is 61.0. The summed E-state index contributed by atoms with van der Waals surface area (Å²) in [6.07, 6.45) is -2.58. The molecule has 1 heterocycles. The molecule has 1 amide bonds. The lowest BCUT2D eigenvalue weighted by molar-refractivity contribution is -0.133. The fraction of sp³-hybridized carbons (Fsp3) is 0.333. The van der Waals surface area contributed by atoms with Crippen LogP contribution in [0.25, 0.3) is 33.4 Å². The van der Waals surface area contributed by atoms with Crippen LogP contribution in [0.4, 0.5) is 17.6 Å². The van der Waals surface area contributed by atoms with E-state index in [0.29, 0.717) is 39.3 Å². The van der Waals surface area contributed by atoms with Gasteiger partial charge in [0.25, 0.3) is 5.91 Å². The smallest absolute Gasteiger partial charge is 0.389 e. The Morgan fingerprint density at radius 3 is 2.29 bits per heavy atom. The van der Waals surface area contributed by atoms with Gasteiger partial charge in [0.2, 0.25) is 0 Å². The van der Waals surface area contributed by atoms with Crippen molar-refractivity contribution in [2.45, 2.75) is 51.6 Å². The van der Waals surface area contributed by atoms with Crippen LogP contribution < -0.4 is 5.32 Å². The molecule has 41 heavy (non-hydrogen) atoms. The Hall–Kier alpha value is -3.94. The van der Waals surface area contributed by atoms with Gasteiger partial charge in [-0.25, -0.2) is 4.39 Å². The summed E-state index contributed by atoms with van der Waals surface area (Å²) in [4.78, 5) is 26.2. The molecule has 4 aromatic rings. The molecule has 3 aromatic carbocycles.